The average Bonchev–Trinajstić information content (AvgIpc) is 3.16. The van der Waals surface area contributed by atoms with Gasteiger partial charge >= 0.3 is 0 Å². The third-order valence-electron chi connectivity index (χ3n) is 6.25. The van der Waals surface area contributed by atoms with E-state index >= 15 is 0 Å². The van der Waals surface area contributed by atoms with E-state index in [9.17, 15) is 22.8 Å². The van der Waals surface area contributed by atoms with Gasteiger partial charge in [-0.2, -0.15) is 0 Å². The number of ether oxygens (including phenoxy) is 1. The summed E-state index contributed by atoms with van der Waals surface area (Å²) >= 11 is 0. The topological polar surface area (TPSA) is 58.6 Å². The molecule has 0 bridgehead atoms. The van der Waals surface area contributed by atoms with Crippen LogP contribution in [-0.4, -0.2) is 42.8 Å². The van der Waals surface area contributed by atoms with Gasteiger partial charge in [0.2, 0.25) is 0 Å². The zero-order chi connectivity index (χ0) is 27.8. The van der Waals surface area contributed by atoms with Crippen molar-refractivity contribution in [1.82, 2.24) is 10.2 Å². The number of rotatable bonds is 6. The van der Waals surface area contributed by atoms with Crippen LogP contribution in [0.2, 0.25) is 0 Å². The summed E-state index contributed by atoms with van der Waals surface area (Å²) in [6.07, 6.45) is -2.20. The SMILES string of the molecule is CC.CCc1c(C(=O)N2CCOc3ccc(-c4ccc(C(=O)NCC(F)F)cc4)cc3C2)ccc(C)c1F. The Kier molecular flexibility index (Phi) is 9.93. The van der Waals surface area contributed by atoms with Crippen molar-refractivity contribution < 1.29 is 27.5 Å². The van der Waals surface area contributed by atoms with Crippen molar-refractivity contribution in [3.05, 3.63) is 88.2 Å². The molecule has 0 aromatic heterocycles. The molecule has 8 heteroatoms. The van der Waals surface area contributed by atoms with Gasteiger partial charge in [-0.05, 0) is 60.4 Å². The van der Waals surface area contributed by atoms with Crippen LogP contribution in [0.3, 0.4) is 0 Å². The van der Waals surface area contributed by atoms with E-state index in [4.69, 9.17) is 4.74 Å². The molecule has 1 N–H and O–H groups in total. The van der Waals surface area contributed by atoms with Gasteiger partial charge in [-0.1, -0.05) is 45.0 Å². The monoisotopic (exact) mass is 526 g/mol. The molecule has 0 saturated carbocycles. The van der Waals surface area contributed by atoms with Crippen molar-refractivity contribution in [2.45, 2.75) is 47.1 Å². The highest BCUT2D eigenvalue weighted by atomic mass is 19.3. The highest BCUT2D eigenvalue weighted by Crippen LogP contribution is 2.30. The van der Waals surface area contributed by atoms with Gasteiger partial charge in [0.05, 0.1) is 13.1 Å². The Bertz CT molecular complexity index is 1280. The summed E-state index contributed by atoms with van der Waals surface area (Å²) in [6, 6.07) is 15.6. The van der Waals surface area contributed by atoms with Crippen molar-refractivity contribution in [2.24, 2.45) is 0 Å². The van der Waals surface area contributed by atoms with Crippen LogP contribution in [0.25, 0.3) is 11.1 Å². The Labute approximate surface area is 221 Å². The van der Waals surface area contributed by atoms with Crippen LogP contribution >= 0.6 is 0 Å². The molecule has 3 aromatic rings. The molecule has 2 amide bonds. The molecule has 3 aromatic carbocycles. The van der Waals surface area contributed by atoms with E-state index in [1.54, 1.807) is 48.2 Å². The first-order chi connectivity index (χ1) is 18.3. The van der Waals surface area contributed by atoms with Crippen LogP contribution in [0.1, 0.15) is 58.2 Å². The third-order valence-corrected chi connectivity index (χ3v) is 6.25. The van der Waals surface area contributed by atoms with Gasteiger partial charge in [0, 0.05) is 28.8 Å². The number of amides is 2. The molecule has 0 unspecified atom stereocenters. The van der Waals surface area contributed by atoms with Crippen molar-refractivity contribution in [2.75, 3.05) is 19.7 Å². The van der Waals surface area contributed by atoms with E-state index in [2.05, 4.69) is 5.32 Å². The first kappa shape index (κ1) is 28.8. The van der Waals surface area contributed by atoms with Crippen molar-refractivity contribution in [3.8, 4) is 16.9 Å². The van der Waals surface area contributed by atoms with Gasteiger partial charge in [-0.15, -0.1) is 0 Å². The molecule has 0 aliphatic carbocycles. The van der Waals surface area contributed by atoms with Crippen LogP contribution < -0.4 is 10.1 Å². The number of nitrogens with one attached hydrogen (secondary N) is 1. The van der Waals surface area contributed by atoms with Gasteiger partial charge in [0.15, 0.2) is 0 Å². The largest absolute Gasteiger partial charge is 0.491 e. The maximum atomic E-state index is 14.7. The Morgan fingerprint density at radius 3 is 2.37 bits per heavy atom. The molecule has 0 spiro atoms. The van der Waals surface area contributed by atoms with Crippen molar-refractivity contribution in [3.63, 3.8) is 0 Å². The minimum atomic E-state index is -2.61. The van der Waals surface area contributed by atoms with Crippen molar-refractivity contribution >= 4 is 11.8 Å². The fourth-order valence-electron chi connectivity index (χ4n) is 4.29. The average molecular weight is 527 g/mol. The lowest BCUT2D eigenvalue weighted by Crippen LogP contribution is -2.33. The van der Waals surface area contributed by atoms with Gasteiger partial charge in [-0.25, -0.2) is 13.2 Å². The highest BCUT2D eigenvalue weighted by Gasteiger charge is 2.24. The standard InChI is InChI=1S/C28H27F3N2O3.C2H6/c1-3-22-23(10-4-17(2)26(22)31)28(35)33-12-13-36-24-11-9-20(14-21(24)16-33)18-5-7-19(8-6-18)27(34)32-15-25(29)30;1-2/h4-11,14,25H,3,12-13,15-16H2,1-2H3,(H,32,34);1-2H3. The zero-order valence-corrected chi connectivity index (χ0v) is 22.1. The summed E-state index contributed by atoms with van der Waals surface area (Å²) in [5.41, 5.74) is 4.04. The predicted octanol–water partition coefficient (Wildman–Crippen LogP) is 6.42. The smallest absolute Gasteiger partial charge is 0.255 e. The number of carbonyl (C=O) groups excluding carboxylic acids is 2. The first-order valence-corrected chi connectivity index (χ1v) is 12.8. The Balaban J connectivity index is 0.00000195. The number of benzene rings is 3. The lowest BCUT2D eigenvalue weighted by atomic mass is 9.99. The number of alkyl halides is 2. The molecule has 1 heterocycles. The Morgan fingerprint density at radius 1 is 1.03 bits per heavy atom. The van der Waals surface area contributed by atoms with Gasteiger partial charge in [-0.3, -0.25) is 9.59 Å². The van der Waals surface area contributed by atoms with Gasteiger partial charge < -0.3 is 15.0 Å². The number of hydrogen-bond donors (Lipinski definition) is 1. The number of halogens is 3. The normalized spacial score (nSPS) is 12.6. The molecule has 1 aliphatic heterocycles. The fourth-order valence-corrected chi connectivity index (χ4v) is 4.29. The Hall–Kier alpha value is -3.81. The molecule has 0 fully saturated rings. The van der Waals surface area contributed by atoms with E-state index in [0.717, 1.165) is 16.7 Å². The van der Waals surface area contributed by atoms with E-state index in [1.807, 2.05) is 39.0 Å². The summed E-state index contributed by atoms with van der Waals surface area (Å²) < 4.78 is 45.2. The van der Waals surface area contributed by atoms with Crippen LogP contribution in [0, 0.1) is 12.7 Å². The summed E-state index contributed by atoms with van der Waals surface area (Å²) in [6.45, 7) is 7.79. The second-order valence-corrected chi connectivity index (χ2v) is 8.65. The first-order valence-electron chi connectivity index (χ1n) is 12.8. The number of nitrogens with zero attached hydrogens (tertiary/aromatic N) is 1. The Morgan fingerprint density at radius 2 is 1.71 bits per heavy atom. The lowest BCUT2D eigenvalue weighted by Gasteiger charge is -2.22. The fraction of sp³-hybridized carbons (Fsp3) is 0.333. The van der Waals surface area contributed by atoms with E-state index in [-0.39, 0.29) is 17.3 Å². The second-order valence-electron chi connectivity index (χ2n) is 8.65. The minimum Gasteiger partial charge on any atom is -0.491 e. The lowest BCUT2D eigenvalue weighted by molar-refractivity contribution is 0.0731. The predicted molar refractivity (Wildman–Crippen MR) is 142 cm³/mol. The second kappa shape index (κ2) is 13.1. The molecule has 4 rings (SSSR count). The van der Waals surface area contributed by atoms with E-state index in [1.165, 1.54) is 0 Å². The molecule has 38 heavy (non-hydrogen) atoms. The maximum Gasteiger partial charge on any atom is 0.255 e. The van der Waals surface area contributed by atoms with Crippen LogP contribution in [0.15, 0.2) is 54.6 Å². The number of aryl methyl sites for hydroxylation is 1. The van der Waals surface area contributed by atoms with Crippen LogP contribution in [0.5, 0.6) is 5.75 Å². The minimum absolute atomic E-state index is 0.244. The number of hydrogen-bond acceptors (Lipinski definition) is 3. The van der Waals surface area contributed by atoms with Crippen LogP contribution in [0.4, 0.5) is 13.2 Å². The number of fused-ring (bicyclic) bond motifs is 1. The molecule has 0 saturated heterocycles. The van der Waals surface area contributed by atoms with Crippen molar-refractivity contribution in [1.29, 1.82) is 0 Å². The highest BCUT2D eigenvalue weighted by molar-refractivity contribution is 5.96. The van der Waals surface area contributed by atoms with Crippen LogP contribution in [-0.2, 0) is 13.0 Å². The molecule has 1 aliphatic rings. The molecule has 202 valence electrons. The molecule has 0 atom stereocenters. The zero-order valence-electron chi connectivity index (χ0n) is 22.1. The third kappa shape index (κ3) is 6.54. The van der Waals surface area contributed by atoms with E-state index < -0.39 is 18.9 Å². The summed E-state index contributed by atoms with van der Waals surface area (Å²) in [4.78, 5) is 27.0. The molecule has 5 nitrogen and oxygen atoms in total. The van der Waals surface area contributed by atoms with E-state index in [0.29, 0.717) is 48.6 Å². The molecule has 0 radical (unpaired) electrons. The quantitative estimate of drug-likeness (QED) is 0.403. The summed E-state index contributed by atoms with van der Waals surface area (Å²) in [5.74, 6) is -0.483. The van der Waals surface area contributed by atoms with Gasteiger partial charge in [0.1, 0.15) is 18.2 Å². The van der Waals surface area contributed by atoms with Gasteiger partial charge in [0.25, 0.3) is 18.2 Å². The maximum absolute atomic E-state index is 14.7. The molecular formula is C30H33F3N2O3. The number of carbonyl (C=O) groups is 2. The summed E-state index contributed by atoms with van der Waals surface area (Å²) in [7, 11) is 0. The summed E-state index contributed by atoms with van der Waals surface area (Å²) in [5, 5.41) is 2.18. The molecular weight excluding hydrogens is 493 g/mol.